The minimum Gasteiger partial charge on any atom is -0.497 e. The van der Waals surface area contributed by atoms with Crippen LogP contribution in [0.1, 0.15) is 33.2 Å². The summed E-state index contributed by atoms with van der Waals surface area (Å²) in [7, 11) is 1.63. The number of carbonyl (C=O) groups excluding carboxylic acids is 2. The molecule has 8 nitrogen and oxygen atoms in total. The summed E-state index contributed by atoms with van der Waals surface area (Å²) in [5.74, 6) is 0.0525. The first-order chi connectivity index (χ1) is 15.6. The van der Waals surface area contributed by atoms with Crippen molar-refractivity contribution in [3.63, 3.8) is 0 Å². The van der Waals surface area contributed by atoms with E-state index in [1.807, 2.05) is 30.3 Å². The van der Waals surface area contributed by atoms with Crippen molar-refractivity contribution < 1.29 is 19.1 Å². The summed E-state index contributed by atoms with van der Waals surface area (Å²) in [4.78, 5) is 24.6. The Bertz CT molecular complexity index is 1260. The van der Waals surface area contributed by atoms with Gasteiger partial charge in [-0.25, -0.2) is 9.48 Å². The van der Waals surface area contributed by atoms with Gasteiger partial charge in [-0.3, -0.25) is 4.79 Å². The molecule has 0 saturated heterocycles. The highest BCUT2D eigenvalue weighted by Gasteiger charge is 2.13. The molecule has 0 aliphatic carbocycles. The molecular formula is C24H22N4O4. The SMILES string of the molecule is CCOC(=O)c1cccc(NC(=O)c2ccc3c(c2)nnn3Cc2ccc(OC)cc2)c1. The number of aromatic nitrogens is 3. The van der Waals surface area contributed by atoms with Crippen molar-refractivity contribution >= 4 is 28.6 Å². The number of fused-ring (bicyclic) bond motifs is 1. The van der Waals surface area contributed by atoms with Crippen LogP contribution in [0.2, 0.25) is 0 Å². The number of benzene rings is 3. The zero-order valence-corrected chi connectivity index (χ0v) is 17.7. The molecule has 1 heterocycles. The maximum atomic E-state index is 12.7. The zero-order valence-electron chi connectivity index (χ0n) is 17.7. The standard InChI is InChI=1S/C24H22N4O4/c1-3-32-24(30)18-5-4-6-19(13-18)25-23(29)17-9-12-22-21(14-17)26-27-28(22)15-16-7-10-20(31-2)11-8-16/h4-14H,3,15H2,1-2H3,(H,25,29). The van der Waals surface area contributed by atoms with Gasteiger partial charge < -0.3 is 14.8 Å². The third kappa shape index (κ3) is 4.59. The van der Waals surface area contributed by atoms with Crippen molar-refractivity contribution in [1.29, 1.82) is 0 Å². The Balaban J connectivity index is 1.50. The third-order valence-electron chi connectivity index (χ3n) is 4.90. The normalized spacial score (nSPS) is 10.7. The minimum absolute atomic E-state index is 0.286. The van der Waals surface area contributed by atoms with E-state index in [9.17, 15) is 9.59 Å². The number of anilines is 1. The molecule has 0 bridgehead atoms. The fraction of sp³-hybridized carbons (Fsp3) is 0.167. The van der Waals surface area contributed by atoms with E-state index >= 15 is 0 Å². The number of nitrogens with zero attached hydrogens (tertiary/aromatic N) is 3. The predicted octanol–water partition coefficient (Wildman–Crippen LogP) is 3.92. The summed E-state index contributed by atoms with van der Waals surface area (Å²) >= 11 is 0. The van der Waals surface area contributed by atoms with Crippen molar-refractivity contribution in [2.75, 3.05) is 19.0 Å². The van der Waals surface area contributed by atoms with Crippen LogP contribution in [0.25, 0.3) is 11.0 Å². The summed E-state index contributed by atoms with van der Waals surface area (Å²) in [5.41, 5.74) is 3.81. The molecule has 0 fully saturated rings. The third-order valence-corrected chi connectivity index (χ3v) is 4.90. The Morgan fingerprint density at radius 3 is 2.56 bits per heavy atom. The topological polar surface area (TPSA) is 95.3 Å². The first-order valence-corrected chi connectivity index (χ1v) is 10.1. The Morgan fingerprint density at radius 1 is 1.00 bits per heavy atom. The van der Waals surface area contributed by atoms with Crippen LogP contribution in [0.15, 0.2) is 66.7 Å². The van der Waals surface area contributed by atoms with Crippen LogP contribution in [-0.4, -0.2) is 40.6 Å². The van der Waals surface area contributed by atoms with E-state index in [0.717, 1.165) is 16.8 Å². The molecule has 0 aliphatic heterocycles. The van der Waals surface area contributed by atoms with Gasteiger partial charge in [0.15, 0.2) is 0 Å². The summed E-state index contributed by atoms with van der Waals surface area (Å²) < 4.78 is 12.0. The molecular weight excluding hydrogens is 408 g/mol. The van der Waals surface area contributed by atoms with Crippen molar-refractivity contribution in [2.45, 2.75) is 13.5 Å². The van der Waals surface area contributed by atoms with Gasteiger partial charge in [-0.2, -0.15) is 0 Å². The molecule has 32 heavy (non-hydrogen) atoms. The summed E-state index contributed by atoms with van der Waals surface area (Å²) in [6.07, 6.45) is 0. The fourth-order valence-corrected chi connectivity index (χ4v) is 3.28. The molecule has 1 N–H and O–H groups in total. The van der Waals surface area contributed by atoms with Crippen LogP contribution in [0.5, 0.6) is 5.75 Å². The lowest BCUT2D eigenvalue weighted by Gasteiger charge is -2.08. The first-order valence-electron chi connectivity index (χ1n) is 10.1. The van der Waals surface area contributed by atoms with Crippen molar-refractivity contribution in [1.82, 2.24) is 15.0 Å². The average molecular weight is 430 g/mol. The monoisotopic (exact) mass is 430 g/mol. The number of amides is 1. The van der Waals surface area contributed by atoms with E-state index < -0.39 is 5.97 Å². The predicted molar refractivity (Wildman–Crippen MR) is 120 cm³/mol. The molecule has 0 radical (unpaired) electrons. The van der Waals surface area contributed by atoms with Crippen LogP contribution in [-0.2, 0) is 11.3 Å². The number of methoxy groups -OCH3 is 1. The molecule has 4 aromatic rings. The van der Waals surface area contributed by atoms with Crippen molar-refractivity contribution in [3.8, 4) is 5.75 Å². The molecule has 0 atom stereocenters. The highest BCUT2D eigenvalue weighted by molar-refractivity contribution is 6.06. The van der Waals surface area contributed by atoms with Crippen LogP contribution < -0.4 is 10.1 Å². The van der Waals surface area contributed by atoms with Gasteiger partial charge in [-0.15, -0.1) is 5.10 Å². The number of nitrogens with one attached hydrogen (secondary N) is 1. The Morgan fingerprint density at radius 2 is 1.81 bits per heavy atom. The molecule has 1 amide bonds. The zero-order chi connectivity index (χ0) is 22.5. The molecule has 3 aromatic carbocycles. The molecule has 162 valence electrons. The van der Waals surface area contributed by atoms with Gasteiger partial charge in [-0.05, 0) is 61.0 Å². The van der Waals surface area contributed by atoms with E-state index in [0.29, 0.717) is 28.9 Å². The van der Waals surface area contributed by atoms with Gasteiger partial charge in [0, 0.05) is 11.3 Å². The van der Waals surface area contributed by atoms with Crippen molar-refractivity contribution in [2.24, 2.45) is 0 Å². The van der Waals surface area contributed by atoms with Gasteiger partial charge in [0.25, 0.3) is 5.91 Å². The average Bonchev–Trinajstić information content (AvgIpc) is 3.22. The number of hydrogen-bond donors (Lipinski definition) is 1. The number of rotatable bonds is 7. The second kappa shape index (κ2) is 9.30. The van der Waals surface area contributed by atoms with Crippen molar-refractivity contribution in [3.05, 3.63) is 83.4 Å². The van der Waals surface area contributed by atoms with Gasteiger partial charge in [0.2, 0.25) is 0 Å². The number of ether oxygens (including phenoxy) is 2. The van der Waals surface area contributed by atoms with Crippen LogP contribution in [0.4, 0.5) is 5.69 Å². The maximum absolute atomic E-state index is 12.7. The maximum Gasteiger partial charge on any atom is 0.338 e. The lowest BCUT2D eigenvalue weighted by molar-refractivity contribution is 0.0526. The Kier molecular flexibility index (Phi) is 6.12. The lowest BCUT2D eigenvalue weighted by Crippen LogP contribution is -2.13. The second-order valence-electron chi connectivity index (χ2n) is 7.05. The second-order valence-corrected chi connectivity index (χ2v) is 7.05. The van der Waals surface area contributed by atoms with Gasteiger partial charge in [0.05, 0.1) is 31.3 Å². The Hall–Kier alpha value is -4.20. The largest absolute Gasteiger partial charge is 0.497 e. The fourth-order valence-electron chi connectivity index (χ4n) is 3.28. The molecule has 0 saturated carbocycles. The van der Waals surface area contributed by atoms with E-state index in [4.69, 9.17) is 9.47 Å². The minimum atomic E-state index is -0.432. The van der Waals surface area contributed by atoms with Gasteiger partial charge in [0.1, 0.15) is 11.3 Å². The number of carbonyl (C=O) groups is 2. The highest BCUT2D eigenvalue weighted by Crippen LogP contribution is 2.18. The quantitative estimate of drug-likeness (QED) is 0.447. The number of hydrogen-bond acceptors (Lipinski definition) is 6. The van der Waals surface area contributed by atoms with E-state index in [-0.39, 0.29) is 12.5 Å². The lowest BCUT2D eigenvalue weighted by atomic mass is 10.1. The first kappa shape index (κ1) is 21.0. The smallest absolute Gasteiger partial charge is 0.338 e. The summed E-state index contributed by atoms with van der Waals surface area (Å²) in [6.45, 7) is 2.58. The molecule has 0 spiro atoms. The molecule has 0 aliphatic rings. The van der Waals surface area contributed by atoms with Gasteiger partial charge in [-0.1, -0.05) is 23.4 Å². The highest BCUT2D eigenvalue weighted by atomic mass is 16.5. The number of esters is 1. The van der Waals surface area contributed by atoms with Crippen LogP contribution >= 0.6 is 0 Å². The molecule has 8 heteroatoms. The molecule has 4 rings (SSSR count). The summed E-state index contributed by atoms with van der Waals surface area (Å²) in [5, 5.41) is 11.2. The van der Waals surface area contributed by atoms with E-state index in [1.165, 1.54) is 0 Å². The van der Waals surface area contributed by atoms with Crippen LogP contribution in [0, 0.1) is 0 Å². The van der Waals surface area contributed by atoms with Gasteiger partial charge >= 0.3 is 5.97 Å². The van der Waals surface area contributed by atoms with E-state index in [2.05, 4.69) is 15.6 Å². The summed E-state index contributed by atoms with van der Waals surface area (Å²) in [6, 6.07) is 19.6. The molecule has 1 aromatic heterocycles. The van der Waals surface area contributed by atoms with E-state index in [1.54, 1.807) is 55.1 Å². The molecule has 0 unspecified atom stereocenters. The van der Waals surface area contributed by atoms with Crippen LogP contribution in [0.3, 0.4) is 0 Å². The Labute approximate surface area is 184 Å².